The van der Waals surface area contributed by atoms with Crippen LogP contribution in [0.5, 0.6) is 0 Å². The van der Waals surface area contributed by atoms with E-state index in [0.717, 1.165) is 0 Å². The van der Waals surface area contributed by atoms with E-state index >= 15 is 0 Å². The second kappa shape index (κ2) is 4.21. The van der Waals surface area contributed by atoms with Crippen LogP contribution < -0.4 is 5.84 Å². The second-order valence-electron chi connectivity index (χ2n) is 0.824. The zero-order valence-corrected chi connectivity index (χ0v) is 3.76. The van der Waals surface area contributed by atoms with Gasteiger partial charge >= 0.3 is 0 Å². The van der Waals surface area contributed by atoms with Gasteiger partial charge < -0.3 is 5.84 Å². The Labute approximate surface area is 37.3 Å². The Morgan fingerprint density at radius 2 is 2.33 bits per heavy atom. The van der Waals surface area contributed by atoms with Crippen molar-refractivity contribution in [2.45, 2.75) is 6.92 Å². The monoisotopic (exact) mass is 84.1 g/mol. The summed E-state index contributed by atoms with van der Waals surface area (Å²) in [6.07, 6.45) is 5.15. The van der Waals surface area contributed by atoms with Crippen molar-refractivity contribution in [1.29, 1.82) is 0 Å². The molecule has 0 aliphatic carbocycles. The maximum Gasteiger partial charge on any atom is 0.0462 e. The standard InChI is InChI=1S/C4H8N2/c1-2-3-4-6-5/h2-4H,5H2,1H3/b3-2?,6-4-. The maximum atomic E-state index is 4.73. The van der Waals surface area contributed by atoms with E-state index in [2.05, 4.69) is 5.10 Å². The van der Waals surface area contributed by atoms with Crippen LogP contribution in [0.15, 0.2) is 17.3 Å². The van der Waals surface area contributed by atoms with Crippen molar-refractivity contribution >= 4 is 6.21 Å². The molecule has 0 saturated heterocycles. The van der Waals surface area contributed by atoms with Crippen molar-refractivity contribution < 1.29 is 0 Å². The molecule has 0 heterocycles. The van der Waals surface area contributed by atoms with Crippen LogP contribution >= 0.6 is 0 Å². The number of hydrazone groups is 1. The molecule has 0 unspecified atom stereocenters. The lowest BCUT2D eigenvalue weighted by atomic mass is 10.6. The van der Waals surface area contributed by atoms with Gasteiger partial charge in [0.15, 0.2) is 0 Å². The van der Waals surface area contributed by atoms with E-state index in [1.54, 1.807) is 6.08 Å². The van der Waals surface area contributed by atoms with Crippen molar-refractivity contribution in [3.05, 3.63) is 12.2 Å². The van der Waals surface area contributed by atoms with Gasteiger partial charge in [-0.05, 0) is 13.0 Å². The van der Waals surface area contributed by atoms with Gasteiger partial charge in [0, 0.05) is 6.21 Å². The van der Waals surface area contributed by atoms with Crippen LogP contribution in [0.1, 0.15) is 6.92 Å². The summed E-state index contributed by atoms with van der Waals surface area (Å²) < 4.78 is 0. The van der Waals surface area contributed by atoms with E-state index in [-0.39, 0.29) is 0 Å². The molecule has 6 heavy (non-hydrogen) atoms. The topological polar surface area (TPSA) is 38.4 Å². The van der Waals surface area contributed by atoms with E-state index in [4.69, 9.17) is 5.84 Å². The first-order valence-corrected chi connectivity index (χ1v) is 1.76. The van der Waals surface area contributed by atoms with Crippen molar-refractivity contribution in [3.8, 4) is 0 Å². The highest BCUT2D eigenvalue weighted by Crippen LogP contribution is 1.58. The van der Waals surface area contributed by atoms with Crippen molar-refractivity contribution in [2.75, 3.05) is 0 Å². The molecule has 2 N–H and O–H groups in total. The summed E-state index contributed by atoms with van der Waals surface area (Å²) in [5.74, 6) is 4.73. The Balaban J connectivity index is 3.07. The van der Waals surface area contributed by atoms with Gasteiger partial charge in [-0.2, -0.15) is 5.10 Å². The van der Waals surface area contributed by atoms with E-state index in [0.29, 0.717) is 0 Å². The Hall–Kier alpha value is -0.790. The number of hydrogen-bond donors (Lipinski definition) is 1. The van der Waals surface area contributed by atoms with E-state index in [1.807, 2.05) is 13.0 Å². The molecule has 0 aromatic rings. The fourth-order valence-corrected chi connectivity index (χ4v) is 0.136. The first kappa shape index (κ1) is 5.21. The molecule has 0 saturated carbocycles. The number of rotatable bonds is 1. The Kier molecular flexibility index (Phi) is 3.66. The highest BCUT2D eigenvalue weighted by molar-refractivity contribution is 5.70. The number of nitrogens with zero attached hydrogens (tertiary/aromatic N) is 1. The molecular weight excluding hydrogens is 76.1 g/mol. The predicted octanol–water partition coefficient (Wildman–Crippen LogP) is 0.507. The summed E-state index contributed by atoms with van der Waals surface area (Å²) in [4.78, 5) is 0. The first-order valence-electron chi connectivity index (χ1n) is 1.76. The zero-order valence-electron chi connectivity index (χ0n) is 3.76. The van der Waals surface area contributed by atoms with Crippen molar-refractivity contribution in [3.63, 3.8) is 0 Å². The molecule has 0 radical (unpaired) electrons. The molecule has 0 amide bonds. The van der Waals surface area contributed by atoms with Gasteiger partial charge in [0.1, 0.15) is 0 Å². The van der Waals surface area contributed by atoms with Crippen molar-refractivity contribution in [1.82, 2.24) is 0 Å². The average molecular weight is 84.1 g/mol. The molecule has 0 aromatic carbocycles. The summed E-state index contributed by atoms with van der Waals surface area (Å²) in [6.45, 7) is 1.90. The molecule has 0 atom stereocenters. The van der Waals surface area contributed by atoms with Gasteiger partial charge in [0.2, 0.25) is 0 Å². The lowest BCUT2D eigenvalue weighted by molar-refractivity contribution is 1.27. The molecule has 0 aliphatic rings. The molecule has 0 fully saturated rings. The lowest BCUT2D eigenvalue weighted by Gasteiger charge is -1.64. The van der Waals surface area contributed by atoms with Crippen LogP contribution in [0.2, 0.25) is 0 Å². The van der Waals surface area contributed by atoms with Crippen LogP contribution in [0, 0.1) is 0 Å². The Morgan fingerprint density at radius 3 is 2.50 bits per heavy atom. The Morgan fingerprint density at radius 1 is 1.67 bits per heavy atom. The van der Waals surface area contributed by atoms with E-state index in [9.17, 15) is 0 Å². The van der Waals surface area contributed by atoms with Crippen LogP contribution in [0.25, 0.3) is 0 Å². The van der Waals surface area contributed by atoms with Crippen LogP contribution in [-0.4, -0.2) is 6.21 Å². The normalized spacial score (nSPS) is 11.5. The largest absolute Gasteiger partial charge is 0.323 e. The quantitative estimate of drug-likeness (QED) is 0.280. The average Bonchev–Trinajstić information content (AvgIpc) is 1.61. The van der Waals surface area contributed by atoms with Gasteiger partial charge in [-0.15, -0.1) is 0 Å². The summed E-state index contributed by atoms with van der Waals surface area (Å²) >= 11 is 0. The highest BCUT2D eigenvalue weighted by atomic mass is 15.1. The minimum absolute atomic E-state index is 1.53. The number of allylic oxidation sites excluding steroid dienone is 2. The van der Waals surface area contributed by atoms with Crippen LogP contribution in [0.4, 0.5) is 0 Å². The van der Waals surface area contributed by atoms with Gasteiger partial charge in [-0.3, -0.25) is 0 Å². The summed E-state index contributed by atoms with van der Waals surface area (Å²) in [6, 6.07) is 0. The van der Waals surface area contributed by atoms with Crippen molar-refractivity contribution in [2.24, 2.45) is 10.9 Å². The Bertz CT molecular complexity index is 53.9. The predicted molar refractivity (Wildman–Crippen MR) is 27.5 cm³/mol. The van der Waals surface area contributed by atoms with Crippen LogP contribution in [0.3, 0.4) is 0 Å². The van der Waals surface area contributed by atoms with E-state index in [1.165, 1.54) is 6.21 Å². The minimum Gasteiger partial charge on any atom is -0.323 e. The molecule has 0 spiro atoms. The summed E-state index contributed by atoms with van der Waals surface area (Å²) in [5, 5.41) is 3.21. The summed E-state index contributed by atoms with van der Waals surface area (Å²) in [5.41, 5.74) is 0. The molecule has 0 rings (SSSR count). The fraction of sp³-hybridized carbons (Fsp3) is 0.250. The van der Waals surface area contributed by atoms with Gasteiger partial charge in [-0.25, -0.2) is 0 Å². The van der Waals surface area contributed by atoms with Gasteiger partial charge in [-0.1, -0.05) is 6.08 Å². The van der Waals surface area contributed by atoms with Gasteiger partial charge in [0.25, 0.3) is 0 Å². The van der Waals surface area contributed by atoms with E-state index < -0.39 is 0 Å². The maximum absolute atomic E-state index is 4.73. The molecule has 2 nitrogen and oxygen atoms in total. The summed E-state index contributed by atoms with van der Waals surface area (Å²) in [7, 11) is 0. The smallest absolute Gasteiger partial charge is 0.0462 e. The number of nitrogens with two attached hydrogens (primary N) is 1. The third-order valence-electron chi connectivity index (χ3n) is 0.365. The molecule has 34 valence electrons. The molecule has 0 aromatic heterocycles. The zero-order chi connectivity index (χ0) is 4.83. The lowest BCUT2D eigenvalue weighted by Crippen LogP contribution is -1.76. The number of hydrogen-bond acceptors (Lipinski definition) is 2. The molecule has 0 aliphatic heterocycles. The third kappa shape index (κ3) is 3.21. The highest BCUT2D eigenvalue weighted by Gasteiger charge is 1.49. The van der Waals surface area contributed by atoms with Gasteiger partial charge in [0.05, 0.1) is 0 Å². The van der Waals surface area contributed by atoms with Crippen LogP contribution in [-0.2, 0) is 0 Å². The fourth-order valence-electron chi connectivity index (χ4n) is 0.136. The molecule has 0 bridgehead atoms. The third-order valence-corrected chi connectivity index (χ3v) is 0.365. The first-order chi connectivity index (χ1) is 2.91. The SMILES string of the molecule is CC=C/C=N\N. The molecule has 2 heteroatoms. The molecular formula is C4H8N2. The minimum atomic E-state index is 1.53. The second-order valence-corrected chi connectivity index (χ2v) is 0.824.